The molecular weight excluding hydrogens is 529 g/mol. The van der Waals surface area contributed by atoms with Crippen LogP contribution in [-0.2, 0) is 17.4 Å². The smallest absolute Gasteiger partial charge is 0.449 e. The van der Waals surface area contributed by atoms with Crippen LogP contribution in [0.25, 0.3) is 11.1 Å². The number of hydrogen-bond acceptors (Lipinski definition) is 7. The van der Waals surface area contributed by atoms with E-state index in [4.69, 9.17) is 9.52 Å². The largest absolute Gasteiger partial charge is 0.512 e. The number of halogens is 3. The molecule has 0 spiro atoms. The van der Waals surface area contributed by atoms with Crippen LogP contribution in [0.2, 0.25) is 0 Å². The molecule has 3 amide bonds. The molecule has 0 radical (unpaired) electrons. The first-order valence-corrected chi connectivity index (χ1v) is 11.1. The van der Waals surface area contributed by atoms with Gasteiger partial charge in [0.25, 0.3) is 5.88 Å². The van der Waals surface area contributed by atoms with E-state index in [9.17, 15) is 32.3 Å². The molecule has 0 fully saturated rings. The summed E-state index contributed by atoms with van der Waals surface area (Å²) < 4.78 is 47.6. The first kappa shape index (κ1) is 26.8. The van der Waals surface area contributed by atoms with Gasteiger partial charge in [-0.15, -0.1) is 0 Å². The Morgan fingerprint density at radius 3 is 2.41 bits per heavy atom. The van der Waals surface area contributed by atoms with E-state index in [0.717, 1.165) is 24.3 Å². The van der Waals surface area contributed by atoms with Crippen molar-refractivity contribution in [2.24, 2.45) is 0 Å². The lowest BCUT2D eigenvalue weighted by Gasteiger charge is -2.09. The molecule has 16 heteroatoms. The molecule has 39 heavy (non-hydrogen) atoms. The molecular formula is C23H19F3N6O7. The van der Waals surface area contributed by atoms with Gasteiger partial charge in [-0.25, -0.2) is 14.4 Å². The molecule has 0 aliphatic heterocycles. The van der Waals surface area contributed by atoms with Crippen LogP contribution in [0.5, 0.6) is 5.88 Å². The predicted molar refractivity (Wildman–Crippen MR) is 130 cm³/mol. The maximum Gasteiger partial charge on any atom is 0.512 e. The number of carbonyl (C=O) groups excluding carboxylic acids is 2. The van der Waals surface area contributed by atoms with Gasteiger partial charge in [-0.2, -0.15) is 18.2 Å². The second kappa shape index (κ2) is 11.0. The van der Waals surface area contributed by atoms with Gasteiger partial charge in [0.05, 0.1) is 11.1 Å². The number of hydrogen-bond donors (Lipinski definition) is 6. The minimum atomic E-state index is -4.54. The van der Waals surface area contributed by atoms with Crippen molar-refractivity contribution < 1.29 is 41.8 Å². The minimum Gasteiger partial charge on any atom is -0.449 e. The van der Waals surface area contributed by atoms with E-state index in [1.165, 1.54) is 6.07 Å². The number of nitrogens with zero attached hydrogens (tertiary/aromatic N) is 1. The number of imidazole rings is 1. The zero-order valence-corrected chi connectivity index (χ0v) is 19.6. The van der Waals surface area contributed by atoms with Crippen LogP contribution in [0.15, 0.2) is 51.7 Å². The molecule has 0 atom stereocenters. The summed E-state index contributed by atoms with van der Waals surface area (Å²) in [6, 6.07) is 7.41. The summed E-state index contributed by atoms with van der Waals surface area (Å²) in [5, 5.41) is 16.2. The molecule has 2 heterocycles. The van der Waals surface area contributed by atoms with Crippen LogP contribution in [0.3, 0.4) is 0 Å². The highest BCUT2D eigenvalue weighted by Gasteiger charge is 2.30. The molecule has 4 aromatic rings. The van der Waals surface area contributed by atoms with Crippen molar-refractivity contribution in [3.05, 3.63) is 64.4 Å². The number of nitrogens with one attached hydrogen (secondary N) is 5. The second-order valence-electron chi connectivity index (χ2n) is 8.01. The Morgan fingerprint density at radius 1 is 1.00 bits per heavy atom. The number of benzene rings is 2. The van der Waals surface area contributed by atoms with Gasteiger partial charge in [-0.3, -0.25) is 15.1 Å². The number of carboxylic acid groups (broad SMARTS) is 1. The highest BCUT2D eigenvalue weighted by Crippen LogP contribution is 2.30. The minimum absolute atomic E-state index is 0.0438. The number of amides is 3. The lowest BCUT2D eigenvalue weighted by molar-refractivity contribution is -0.137. The number of alkyl halides is 3. The van der Waals surface area contributed by atoms with Crippen LogP contribution in [0.4, 0.5) is 40.0 Å². The molecule has 4 rings (SSSR count). The van der Waals surface area contributed by atoms with Crippen LogP contribution < -0.4 is 26.4 Å². The molecule has 0 bridgehead atoms. The van der Waals surface area contributed by atoms with E-state index < -0.39 is 35.6 Å². The average Bonchev–Trinajstić information content (AvgIpc) is 3.39. The normalized spacial score (nSPS) is 11.3. The average molecular weight is 548 g/mol. The van der Waals surface area contributed by atoms with Gasteiger partial charge in [-0.1, -0.05) is 0 Å². The van der Waals surface area contributed by atoms with Crippen molar-refractivity contribution in [2.45, 2.75) is 25.4 Å². The summed E-state index contributed by atoms with van der Waals surface area (Å²) in [7, 11) is 0. The van der Waals surface area contributed by atoms with Gasteiger partial charge in [0.15, 0.2) is 11.4 Å². The Hall–Kier alpha value is -5.28. The van der Waals surface area contributed by atoms with Gasteiger partial charge in [-0.05, 0) is 42.8 Å². The van der Waals surface area contributed by atoms with Crippen LogP contribution in [0.1, 0.15) is 24.2 Å². The number of aromatic nitrogens is 3. The molecule has 13 nitrogen and oxygen atoms in total. The number of aryl methyl sites for hydroxylation is 1. The second-order valence-corrected chi connectivity index (χ2v) is 8.01. The number of rotatable bonds is 8. The first-order chi connectivity index (χ1) is 18.5. The van der Waals surface area contributed by atoms with E-state index in [1.807, 2.05) is 0 Å². The number of carbonyl (C=O) groups is 3. The monoisotopic (exact) mass is 548 g/mol. The molecule has 0 saturated heterocycles. The number of ether oxygens (including phenoxy) is 1. The molecule has 0 saturated carbocycles. The highest BCUT2D eigenvalue weighted by molar-refractivity contribution is 6.00. The third-order valence-electron chi connectivity index (χ3n) is 5.13. The summed E-state index contributed by atoms with van der Waals surface area (Å²) in [6.45, 7) is 0. The zero-order valence-electron chi connectivity index (χ0n) is 19.6. The number of anilines is 3. The third kappa shape index (κ3) is 7.15. The molecule has 2 aromatic carbocycles. The number of oxazole rings is 1. The quantitative estimate of drug-likeness (QED) is 0.173. The number of fused-ring (bicyclic) bond motifs is 1. The molecule has 204 valence electrons. The van der Waals surface area contributed by atoms with Crippen LogP contribution in [-0.4, -0.2) is 38.2 Å². The zero-order chi connectivity index (χ0) is 28.2. The van der Waals surface area contributed by atoms with E-state index in [2.05, 4.69) is 35.6 Å². The number of aromatic amines is 2. The molecule has 0 unspecified atom stereocenters. The fraction of sp³-hybridized carbons (Fsp3) is 0.174. The Labute approximate surface area is 215 Å². The van der Waals surface area contributed by atoms with E-state index in [0.29, 0.717) is 11.2 Å². The Balaban J connectivity index is 1.33. The highest BCUT2D eigenvalue weighted by atomic mass is 19.4. The van der Waals surface area contributed by atoms with Gasteiger partial charge in [0.2, 0.25) is 5.91 Å². The standard InChI is InChI=1S/C23H19F3N6O7/c24-23(25,26)11-4-6-12(7-5-11)28-20(34)32-18-19(39-22(36)37)31-16(30-18)2-1-3-17(33)27-13-8-9-14-15(10-13)38-21(35)29-14/h4-10H,1-3H2,(H,27,33)(H,29,35)(H,30,31)(H,36,37)(H2,28,32,34). The Bertz CT molecular complexity index is 1570. The van der Waals surface area contributed by atoms with E-state index in [-0.39, 0.29) is 48.1 Å². The van der Waals surface area contributed by atoms with Crippen molar-refractivity contribution in [2.75, 3.05) is 16.0 Å². The van der Waals surface area contributed by atoms with Gasteiger partial charge in [0, 0.05) is 30.3 Å². The van der Waals surface area contributed by atoms with E-state index >= 15 is 0 Å². The fourth-order valence-electron chi connectivity index (χ4n) is 3.45. The van der Waals surface area contributed by atoms with Crippen LogP contribution >= 0.6 is 0 Å². The molecule has 0 aliphatic rings. The van der Waals surface area contributed by atoms with Crippen molar-refractivity contribution in [3.8, 4) is 5.88 Å². The van der Waals surface area contributed by atoms with Crippen LogP contribution in [0, 0.1) is 0 Å². The van der Waals surface area contributed by atoms with Gasteiger partial charge in [0.1, 0.15) is 5.82 Å². The molecule has 2 aromatic heterocycles. The molecule has 6 N–H and O–H groups in total. The summed E-state index contributed by atoms with van der Waals surface area (Å²) in [6.07, 6.45) is -5.76. The third-order valence-corrected chi connectivity index (χ3v) is 5.13. The van der Waals surface area contributed by atoms with Crippen molar-refractivity contribution in [1.29, 1.82) is 0 Å². The Morgan fingerprint density at radius 2 is 1.72 bits per heavy atom. The number of H-pyrrole nitrogens is 2. The van der Waals surface area contributed by atoms with Crippen molar-refractivity contribution >= 4 is 46.4 Å². The molecule has 0 aliphatic carbocycles. The predicted octanol–water partition coefficient (Wildman–Crippen LogP) is 4.53. The summed E-state index contributed by atoms with van der Waals surface area (Å²) in [5.41, 5.74) is 0.322. The first-order valence-electron chi connectivity index (χ1n) is 11.1. The number of urea groups is 1. The summed E-state index contributed by atoms with van der Waals surface area (Å²) >= 11 is 0. The SMILES string of the molecule is O=C(CCCc1nc(OC(=O)O)c(NC(=O)Nc2ccc(C(F)(F)F)cc2)[nH]1)Nc1ccc2[nH]c(=O)oc2c1. The summed E-state index contributed by atoms with van der Waals surface area (Å²) in [5.74, 6) is -1.47. The summed E-state index contributed by atoms with van der Waals surface area (Å²) in [4.78, 5) is 56.0. The fourth-order valence-corrected chi connectivity index (χ4v) is 3.45. The van der Waals surface area contributed by atoms with Crippen molar-refractivity contribution in [3.63, 3.8) is 0 Å². The maximum absolute atomic E-state index is 12.7. The Kier molecular flexibility index (Phi) is 7.55. The lowest BCUT2D eigenvalue weighted by Crippen LogP contribution is -2.20. The maximum atomic E-state index is 12.7. The van der Waals surface area contributed by atoms with Crippen molar-refractivity contribution in [1.82, 2.24) is 15.0 Å². The lowest BCUT2D eigenvalue weighted by atomic mass is 10.2. The van der Waals surface area contributed by atoms with E-state index in [1.54, 1.807) is 12.1 Å². The van der Waals surface area contributed by atoms with Gasteiger partial charge < -0.3 is 29.9 Å². The van der Waals surface area contributed by atoms with Gasteiger partial charge >= 0.3 is 24.1 Å². The topological polar surface area (TPSA) is 191 Å².